The van der Waals surface area contributed by atoms with E-state index in [4.69, 9.17) is 44.4 Å². The third-order valence-electron chi connectivity index (χ3n) is 4.46. The van der Waals surface area contributed by atoms with Crippen LogP contribution in [0, 0.1) is 0 Å². The monoisotopic (exact) mass is 490 g/mol. The van der Waals surface area contributed by atoms with E-state index in [1.165, 1.54) is 6.20 Å². The number of halogens is 6. The average molecular weight is 492 g/mol. The Morgan fingerprint density at radius 3 is 2.48 bits per heavy atom. The number of nitrogens with zero attached hydrogens (tertiary/aromatic N) is 4. The smallest absolute Gasteiger partial charge is 0.396 e. The van der Waals surface area contributed by atoms with E-state index in [-0.39, 0.29) is 34.7 Å². The van der Waals surface area contributed by atoms with E-state index in [2.05, 4.69) is 15.1 Å². The minimum Gasteiger partial charge on any atom is -0.396 e. The maximum atomic E-state index is 13.0. The quantitative estimate of drug-likeness (QED) is 0.373. The first kappa shape index (κ1) is 21.9. The Bertz CT molecular complexity index is 1270. The van der Waals surface area contributed by atoms with Gasteiger partial charge in [-0.25, -0.2) is 4.98 Å². The van der Waals surface area contributed by atoms with Gasteiger partial charge in [0.1, 0.15) is 5.69 Å². The second-order valence-corrected chi connectivity index (χ2v) is 7.83. The summed E-state index contributed by atoms with van der Waals surface area (Å²) in [6, 6.07) is 4.04. The van der Waals surface area contributed by atoms with Gasteiger partial charge in [-0.15, -0.1) is 0 Å². The number of aromatic nitrogens is 4. The number of rotatable bonds is 5. The summed E-state index contributed by atoms with van der Waals surface area (Å²) < 4.78 is 45.4. The standard InChI is InChI=1S/C19H12Cl3F3N4O2/c20-12-6-11(13(21)4-9(12)2-1-3-30)16-27-18(31-28-16)15-8-29-7-10(19(23,24)25)5-14(22)17(29)26-15/h4-8,30H,1-3H2. The van der Waals surface area contributed by atoms with Crippen LogP contribution in [0.15, 0.2) is 35.1 Å². The van der Waals surface area contributed by atoms with Crippen molar-refractivity contribution in [3.63, 3.8) is 0 Å². The molecule has 0 radical (unpaired) electrons. The largest absolute Gasteiger partial charge is 0.417 e. The molecule has 3 aromatic heterocycles. The topological polar surface area (TPSA) is 76.5 Å². The summed E-state index contributed by atoms with van der Waals surface area (Å²) in [4.78, 5) is 8.42. The normalized spacial score (nSPS) is 12.1. The minimum atomic E-state index is -4.56. The molecule has 3 heterocycles. The molecule has 0 spiro atoms. The Hall–Kier alpha value is -2.33. The van der Waals surface area contributed by atoms with Crippen LogP contribution in [0.25, 0.3) is 28.6 Å². The van der Waals surface area contributed by atoms with Gasteiger partial charge in [-0.3, -0.25) is 0 Å². The minimum absolute atomic E-state index is 0.0252. The second kappa shape index (κ2) is 8.31. The van der Waals surface area contributed by atoms with Crippen molar-refractivity contribution in [3.05, 3.63) is 56.8 Å². The summed E-state index contributed by atoms with van der Waals surface area (Å²) in [7, 11) is 0. The molecule has 0 aliphatic rings. The Morgan fingerprint density at radius 1 is 1.00 bits per heavy atom. The van der Waals surface area contributed by atoms with Crippen LogP contribution in [-0.2, 0) is 12.6 Å². The van der Waals surface area contributed by atoms with Crippen LogP contribution in [-0.4, -0.2) is 31.2 Å². The van der Waals surface area contributed by atoms with Crippen LogP contribution in [0.1, 0.15) is 17.5 Å². The Morgan fingerprint density at radius 2 is 1.77 bits per heavy atom. The molecule has 0 amide bonds. The Labute approximate surface area is 188 Å². The van der Waals surface area contributed by atoms with E-state index in [9.17, 15) is 13.2 Å². The number of alkyl halides is 3. The predicted molar refractivity (Wildman–Crippen MR) is 109 cm³/mol. The third-order valence-corrected chi connectivity index (χ3v) is 5.40. The molecule has 1 aromatic carbocycles. The average Bonchev–Trinajstić information content (AvgIpc) is 3.34. The van der Waals surface area contributed by atoms with E-state index in [0.29, 0.717) is 28.5 Å². The highest BCUT2D eigenvalue weighted by atomic mass is 35.5. The van der Waals surface area contributed by atoms with Crippen molar-refractivity contribution in [1.82, 2.24) is 19.5 Å². The summed E-state index contributed by atoms with van der Waals surface area (Å²) >= 11 is 18.6. The zero-order valence-corrected chi connectivity index (χ0v) is 17.7. The molecule has 0 unspecified atom stereocenters. The van der Waals surface area contributed by atoms with Gasteiger partial charge in [-0.1, -0.05) is 40.0 Å². The summed E-state index contributed by atoms with van der Waals surface area (Å²) in [5.74, 6) is 0.106. The first-order valence-electron chi connectivity index (χ1n) is 8.86. The number of aryl methyl sites for hydroxylation is 1. The number of imidazole rings is 1. The van der Waals surface area contributed by atoms with Crippen molar-refractivity contribution in [1.29, 1.82) is 0 Å². The molecule has 1 N–H and O–H groups in total. The molecule has 0 aliphatic heterocycles. The van der Waals surface area contributed by atoms with Crippen molar-refractivity contribution in [2.75, 3.05) is 6.61 Å². The highest BCUT2D eigenvalue weighted by Gasteiger charge is 2.32. The summed E-state index contributed by atoms with van der Waals surface area (Å²) in [6.45, 7) is 0.0252. The molecule has 31 heavy (non-hydrogen) atoms. The molecule has 4 rings (SSSR count). The van der Waals surface area contributed by atoms with Crippen LogP contribution in [0.4, 0.5) is 13.2 Å². The lowest BCUT2D eigenvalue weighted by Crippen LogP contribution is -2.06. The number of fused-ring (bicyclic) bond motifs is 1. The van der Waals surface area contributed by atoms with Crippen LogP contribution in [0.3, 0.4) is 0 Å². The fourth-order valence-corrected chi connectivity index (χ4v) is 3.76. The molecule has 0 saturated carbocycles. The van der Waals surface area contributed by atoms with E-state index < -0.39 is 11.7 Å². The fraction of sp³-hybridized carbons (Fsp3) is 0.211. The Balaban J connectivity index is 1.70. The second-order valence-electron chi connectivity index (χ2n) is 6.61. The highest BCUT2D eigenvalue weighted by molar-refractivity contribution is 6.35. The molecule has 6 nitrogen and oxygen atoms in total. The number of benzene rings is 1. The zero-order valence-electron chi connectivity index (χ0n) is 15.4. The zero-order chi connectivity index (χ0) is 22.3. The molecular formula is C19H12Cl3F3N4O2. The van der Waals surface area contributed by atoms with Crippen molar-refractivity contribution in [3.8, 4) is 23.0 Å². The SMILES string of the molecule is OCCCc1cc(Cl)c(-c2noc(-c3cn4cc(C(F)(F)F)cc(Cl)c4n3)n2)cc1Cl. The van der Waals surface area contributed by atoms with Crippen molar-refractivity contribution in [2.24, 2.45) is 0 Å². The van der Waals surface area contributed by atoms with Gasteiger partial charge in [0.25, 0.3) is 5.89 Å². The van der Waals surface area contributed by atoms with Gasteiger partial charge in [0.05, 0.1) is 15.6 Å². The van der Waals surface area contributed by atoms with Gasteiger partial charge in [0.15, 0.2) is 5.65 Å². The maximum Gasteiger partial charge on any atom is 0.417 e. The molecule has 0 aliphatic carbocycles. The summed E-state index contributed by atoms with van der Waals surface area (Å²) in [5, 5.41) is 13.4. The van der Waals surface area contributed by atoms with E-state index >= 15 is 0 Å². The van der Waals surface area contributed by atoms with Gasteiger partial charge in [-0.05, 0) is 36.6 Å². The van der Waals surface area contributed by atoms with Gasteiger partial charge >= 0.3 is 6.18 Å². The highest BCUT2D eigenvalue weighted by Crippen LogP contribution is 2.35. The Kier molecular flexibility index (Phi) is 5.87. The number of aliphatic hydroxyl groups is 1. The molecule has 0 saturated heterocycles. The van der Waals surface area contributed by atoms with Gasteiger partial charge in [0.2, 0.25) is 5.82 Å². The molecule has 0 fully saturated rings. The van der Waals surface area contributed by atoms with Crippen molar-refractivity contribution in [2.45, 2.75) is 19.0 Å². The molecule has 12 heteroatoms. The molecular weight excluding hydrogens is 480 g/mol. The molecule has 0 bridgehead atoms. The van der Waals surface area contributed by atoms with E-state index in [1.54, 1.807) is 12.1 Å². The molecule has 4 aromatic rings. The predicted octanol–water partition coefficient (Wildman–Crippen LogP) is 5.96. The van der Waals surface area contributed by atoms with Crippen LogP contribution >= 0.6 is 34.8 Å². The van der Waals surface area contributed by atoms with Crippen molar-refractivity contribution < 1.29 is 22.8 Å². The fourth-order valence-electron chi connectivity index (χ4n) is 2.97. The third kappa shape index (κ3) is 4.36. The molecule has 0 atom stereocenters. The molecule has 162 valence electrons. The van der Waals surface area contributed by atoms with Crippen LogP contribution in [0.5, 0.6) is 0 Å². The number of aliphatic hydroxyl groups excluding tert-OH is 1. The van der Waals surface area contributed by atoms with Crippen molar-refractivity contribution >= 4 is 40.4 Å². The lowest BCUT2D eigenvalue weighted by atomic mass is 10.1. The van der Waals surface area contributed by atoms with Gasteiger partial charge in [0, 0.05) is 29.6 Å². The number of pyridine rings is 1. The summed E-state index contributed by atoms with van der Waals surface area (Å²) in [5.41, 5.74) is 0.516. The maximum absolute atomic E-state index is 13.0. The van der Waals surface area contributed by atoms with Gasteiger partial charge in [-0.2, -0.15) is 18.2 Å². The number of hydrogen-bond acceptors (Lipinski definition) is 5. The lowest BCUT2D eigenvalue weighted by Gasteiger charge is -2.07. The van der Waals surface area contributed by atoms with E-state index in [1.807, 2.05) is 0 Å². The first-order valence-corrected chi connectivity index (χ1v) is 9.99. The first-order chi connectivity index (χ1) is 14.7. The number of hydrogen-bond donors (Lipinski definition) is 1. The van der Waals surface area contributed by atoms with Crippen LogP contribution < -0.4 is 0 Å². The van der Waals surface area contributed by atoms with Crippen LogP contribution in [0.2, 0.25) is 15.1 Å². The van der Waals surface area contributed by atoms with Gasteiger partial charge < -0.3 is 14.0 Å². The van der Waals surface area contributed by atoms with E-state index in [0.717, 1.165) is 22.2 Å². The lowest BCUT2D eigenvalue weighted by molar-refractivity contribution is -0.137. The summed E-state index contributed by atoms with van der Waals surface area (Å²) in [6.07, 6.45) is -1.29.